The molecule has 2 N–H and O–H groups in total. The summed E-state index contributed by atoms with van der Waals surface area (Å²) >= 11 is 5.94. The van der Waals surface area contributed by atoms with Crippen molar-refractivity contribution < 1.29 is 14.3 Å². The van der Waals surface area contributed by atoms with E-state index >= 15 is 0 Å². The van der Waals surface area contributed by atoms with Crippen LogP contribution in [-0.4, -0.2) is 46.9 Å². The number of allylic oxidation sites excluding steroid dienone is 1. The molecule has 27 heavy (non-hydrogen) atoms. The molecule has 0 bridgehead atoms. The zero-order chi connectivity index (χ0) is 19.4. The highest BCUT2D eigenvalue weighted by Crippen LogP contribution is 2.50. The van der Waals surface area contributed by atoms with Gasteiger partial charge >= 0.3 is 0 Å². The fourth-order valence-corrected chi connectivity index (χ4v) is 4.57. The molecule has 1 spiro atoms. The summed E-state index contributed by atoms with van der Waals surface area (Å²) in [6.45, 7) is 5.10. The highest BCUT2D eigenvalue weighted by molar-refractivity contribution is 6.30. The maximum atomic E-state index is 13.4. The predicted octanol–water partition coefficient (Wildman–Crippen LogP) is 2.21. The molecule has 0 radical (unpaired) electrons. The minimum atomic E-state index is -0.709. The van der Waals surface area contributed by atoms with Gasteiger partial charge in [-0.3, -0.25) is 14.6 Å². The number of nitrogens with two attached hydrogens (primary N) is 1. The summed E-state index contributed by atoms with van der Waals surface area (Å²) < 4.78 is 6.06. The van der Waals surface area contributed by atoms with Gasteiger partial charge in [0.25, 0.3) is 0 Å². The number of nitrogens with zero attached hydrogens (tertiary/aromatic N) is 2. The van der Waals surface area contributed by atoms with Crippen LogP contribution in [-0.2, 0) is 19.7 Å². The number of aromatic nitrogens is 1. The highest BCUT2D eigenvalue weighted by atomic mass is 35.5. The summed E-state index contributed by atoms with van der Waals surface area (Å²) in [7, 11) is 0. The number of halogens is 1. The van der Waals surface area contributed by atoms with Crippen molar-refractivity contribution in [1.82, 2.24) is 9.88 Å². The van der Waals surface area contributed by atoms with Crippen LogP contribution in [0.3, 0.4) is 0 Å². The van der Waals surface area contributed by atoms with Gasteiger partial charge in [0.1, 0.15) is 5.60 Å². The summed E-state index contributed by atoms with van der Waals surface area (Å²) in [6, 6.07) is 3.61. The van der Waals surface area contributed by atoms with Crippen LogP contribution >= 0.6 is 11.6 Å². The van der Waals surface area contributed by atoms with Gasteiger partial charge in [-0.05, 0) is 37.5 Å². The van der Waals surface area contributed by atoms with Crippen molar-refractivity contribution in [2.45, 2.75) is 44.1 Å². The molecule has 1 aromatic heterocycles. The Morgan fingerprint density at radius 1 is 1.33 bits per heavy atom. The molecule has 1 saturated carbocycles. The van der Waals surface area contributed by atoms with Gasteiger partial charge in [0.2, 0.25) is 5.91 Å². The van der Waals surface area contributed by atoms with Gasteiger partial charge in [-0.25, -0.2) is 0 Å². The van der Waals surface area contributed by atoms with Gasteiger partial charge in [-0.1, -0.05) is 25.4 Å². The molecule has 3 aliphatic rings. The van der Waals surface area contributed by atoms with Crippen LogP contribution in [0.25, 0.3) is 0 Å². The first-order valence-corrected chi connectivity index (χ1v) is 9.64. The van der Waals surface area contributed by atoms with Crippen molar-refractivity contribution in [2.75, 3.05) is 19.7 Å². The molecular weight excluding hydrogens is 366 g/mol. The van der Waals surface area contributed by atoms with Crippen LogP contribution in [0.1, 0.15) is 38.8 Å². The minimum absolute atomic E-state index is 0.0656. The fraction of sp³-hybridized carbons (Fsp3) is 0.550. The van der Waals surface area contributed by atoms with Crippen LogP contribution in [0, 0.1) is 5.41 Å². The smallest absolute Gasteiger partial charge is 0.235 e. The largest absolute Gasteiger partial charge is 0.396 e. The van der Waals surface area contributed by atoms with E-state index in [1.165, 1.54) is 0 Å². The van der Waals surface area contributed by atoms with Crippen molar-refractivity contribution in [3.8, 4) is 0 Å². The Bertz CT molecular complexity index is 829. The number of pyridine rings is 1. The molecule has 1 aromatic rings. The monoisotopic (exact) mass is 389 g/mol. The minimum Gasteiger partial charge on any atom is -0.396 e. The molecular formula is C20H24ClN3O3. The van der Waals surface area contributed by atoms with Crippen molar-refractivity contribution in [3.05, 3.63) is 40.8 Å². The van der Waals surface area contributed by atoms with E-state index < -0.39 is 16.4 Å². The van der Waals surface area contributed by atoms with Gasteiger partial charge in [0, 0.05) is 18.2 Å². The SMILES string of the molecule is CC1(C)CC2(C=C(N)C1=O)CN(C(=O)C1(c3ccc(Cl)cn3)CC1)CCO2. The van der Waals surface area contributed by atoms with E-state index in [0.29, 0.717) is 31.1 Å². The number of amides is 1. The number of ether oxygens (including phenoxy) is 1. The van der Waals surface area contributed by atoms with E-state index in [1.54, 1.807) is 18.3 Å². The van der Waals surface area contributed by atoms with Crippen molar-refractivity contribution in [1.29, 1.82) is 0 Å². The van der Waals surface area contributed by atoms with Gasteiger partial charge in [0.15, 0.2) is 5.78 Å². The normalized spacial score (nSPS) is 28.8. The third kappa shape index (κ3) is 3.05. The molecule has 0 aromatic carbocycles. The number of carbonyl (C=O) groups is 2. The van der Waals surface area contributed by atoms with Gasteiger partial charge in [-0.2, -0.15) is 0 Å². The van der Waals surface area contributed by atoms with Crippen molar-refractivity contribution in [2.24, 2.45) is 11.1 Å². The summed E-state index contributed by atoms with van der Waals surface area (Å²) in [4.78, 5) is 31.9. The molecule has 1 aliphatic heterocycles. The van der Waals surface area contributed by atoms with E-state index in [-0.39, 0.29) is 17.4 Å². The van der Waals surface area contributed by atoms with E-state index in [1.807, 2.05) is 24.8 Å². The first kappa shape index (κ1) is 18.4. The summed E-state index contributed by atoms with van der Waals surface area (Å²) in [5.74, 6) is 0.00544. The fourth-order valence-electron chi connectivity index (χ4n) is 4.46. The third-order valence-electron chi connectivity index (χ3n) is 5.91. The van der Waals surface area contributed by atoms with Crippen LogP contribution in [0.2, 0.25) is 5.02 Å². The molecule has 1 saturated heterocycles. The zero-order valence-corrected chi connectivity index (χ0v) is 16.4. The topological polar surface area (TPSA) is 85.5 Å². The number of ketones is 1. The first-order valence-electron chi connectivity index (χ1n) is 9.26. The molecule has 2 heterocycles. The number of carbonyl (C=O) groups excluding carboxylic acids is 2. The Labute approximate surface area is 163 Å². The second kappa shape index (κ2) is 6.04. The van der Waals surface area contributed by atoms with E-state index in [4.69, 9.17) is 22.1 Å². The third-order valence-corrected chi connectivity index (χ3v) is 6.13. The Hall–Kier alpha value is -1.92. The Morgan fingerprint density at radius 2 is 2.07 bits per heavy atom. The van der Waals surface area contributed by atoms with Crippen LogP contribution < -0.4 is 5.73 Å². The van der Waals surface area contributed by atoms with Crippen molar-refractivity contribution in [3.63, 3.8) is 0 Å². The Morgan fingerprint density at radius 3 is 2.67 bits per heavy atom. The lowest BCUT2D eigenvalue weighted by molar-refractivity contribution is -0.153. The molecule has 1 atom stereocenters. The van der Waals surface area contributed by atoms with Crippen LogP contribution in [0.4, 0.5) is 0 Å². The standard InChI is InChI=1S/C20H24ClN3O3/c1-18(2)11-19(9-14(22)16(18)25)12-24(7-8-27-19)17(26)20(5-6-20)15-4-3-13(21)10-23-15/h3-4,9-10H,5-8,11-12,22H2,1-2H3. The number of hydrogen-bond donors (Lipinski definition) is 1. The maximum absolute atomic E-state index is 13.4. The summed E-state index contributed by atoms with van der Waals surface area (Å²) in [6.07, 6.45) is 5.37. The molecule has 7 heteroatoms. The predicted molar refractivity (Wildman–Crippen MR) is 101 cm³/mol. The quantitative estimate of drug-likeness (QED) is 0.838. The maximum Gasteiger partial charge on any atom is 0.235 e. The van der Waals surface area contributed by atoms with Gasteiger partial charge in [-0.15, -0.1) is 0 Å². The molecule has 6 nitrogen and oxygen atoms in total. The van der Waals surface area contributed by atoms with Crippen LogP contribution in [0.5, 0.6) is 0 Å². The number of rotatable bonds is 2. The average Bonchev–Trinajstić information content (AvgIpc) is 3.41. The van der Waals surface area contributed by atoms with E-state index in [2.05, 4.69) is 4.98 Å². The van der Waals surface area contributed by atoms with E-state index in [9.17, 15) is 9.59 Å². The lowest BCUT2D eigenvalue weighted by atomic mass is 9.71. The molecule has 1 amide bonds. The molecule has 2 fully saturated rings. The van der Waals surface area contributed by atoms with Crippen molar-refractivity contribution >= 4 is 23.3 Å². The molecule has 144 valence electrons. The lowest BCUT2D eigenvalue weighted by Crippen LogP contribution is -2.58. The number of Topliss-reactive ketones (excluding diaryl/α,β-unsaturated/α-hetero) is 1. The highest BCUT2D eigenvalue weighted by Gasteiger charge is 2.56. The first-order chi connectivity index (χ1) is 12.7. The van der Waals surface area contributed by atoms with Gasteiger partial charge in [0.05, 0.1) is 35.0 Å². The number of morpholine rings is 1. The molecule has 2 aliphatic carbocycles. The number of hydrogen-bond acceptors (Lipinski definition) is 5. The molecule has 4 rings (SSSR count). The average molecular weight is 390 g/mol. The summed E-state index contributed by atoms with van der Waals surface area (Å²) in [5, 5.41) is 0.557. The van der Waals surface area contributed by atoms with Crippen LogP contribution in [0.15, 0.2) is 30.1 Å². The summed E-state index contributed by atoms with van der Waals surface area (Å²) in [5.41, 5.74) is 5.11. The second-order valence-corrected chi connectivity index (χ2v) is 9.01. The second-order valence-electron chi connectivity index (χ2n) is 8.57. The Kier molecular flexibility index (Phi) is 4.13. The Balaban J connectivity index is 1.60. The van der Waals surface area contributed by atoms with Gasteiger partial charge < -0.3 is 15.4 Å². The molecule has 1 unspecified atom stereocenters. The van der Waals surface area contributed by atoms with E-state index in [0.717, 1.165) is 18.5 Å². The lowest BCUT2D eigenvalue weighted by Gasteiger charge is -2.47. The zero-order valence-electron chi connectivity index (χ0n) is 15.6.